The van der Waals surface area contributed by atoms with Gasteiger partial charge in [0.05, 0.1) is 19.9 Å². The third-order valence-electron chi connectivity index (χ3n) is 2.84. The molecule has 0 unspecified atom stereocenters. The van der Waals surface area contributed by atoms with Gasteiger partial charge in [-0.05, 0) is 30.3 Å². The van der Waals surface area contributed by atoms with E-state index in [9.17, 15) is 0 Å². The average Bonchev–Trinajstić information content (AvgIpc) is 2.48. The molecule has 0 saturated heterocycles. The summed E-state index contributed by atoms with van der Waals surface area (Å²) < 4.78 is 10.6. The first-order valence-electron chi connectivity index (χ1n) is 6.15. The van der Waals surface area contributed by atoms with Crippen LogP contribution in [-0.2, 0) is 13.1 Å². The topological polar surface area (TPSA) is 43.4 Å². The molecule has 0 spiro atoms. The summed E-state index contributed by atoms with van der Waals surface area (Å²) in [5.74, 6) is 1.68. The van der Waals surface area contributed by atoms with Crippen molar-refractivity contribution >= 4 is 0 Å². The van der Waals surface area contributed by atoms with E-state index >= 15 is 0 Å². The normalized spacial score (nSPS) is 10.2. The van der Waals surface area contributed by atoms with Crippen molar-refractivity contribution in [2.24, 2.45) is 0 Å². The van der Waals surface area contributed by atoms with Crippen molar-refractivity contribution in [2.45, 2.75) is 13.1 Å². The summed E-state index contributed by atoms with van der Waals surface area (Å²) in [7, 11) is 3.33. The average molecular weight is 258 g/mol. The Bertz CT molecular complexity index is 515. The number of benzene rings is 1. The van der Waals surface area contributed by atoms with Crippen molar-refractivity contribution in [3.05, 3.63) is 53.9 Å². The molecule has 19 heavy (non-hydrogen) atoms. The lowest BCUT2D eigenvalue weighted by Gasteiger charge is -2.11. The molecule has 0 aliphatic rings. The van der Waals surface area contributed by atoms with Gasteiger partial charge in [-0.2, -0.15) is 0 Å². The highest BCUT2D eigenvalue weighted by molar-refractivity contribution is 5.40. The molecule has 1 aromatic heterocycles. The number of hydrogen-bond donors (Lipinski definition) is 1. The van der Waals surface area contributed by atoms with E-state index in [2.05, 4.69) is 10.3 Å². The van der Waals surface area contributed by atoms with Gasteiger partial charge in [0.1, 0.15) is 11.5 Å². The van der Waals surface area contributed by atoms with Crippen LogP contribution in [0.15, 0.2) is 42.6 Å². The van der Waals surface area contributed by atoms with Gasteiger partial charge in [-0.3, -0.25) is 4.98 Å². The predicted molar refractivity (Wildman–Crippen MR) is 74.3 cm³/mol. The van der Waals surface area contributed by atoms with Crippen molar-refractivity contribution in [2.75, 3.05) is 14.2 Å². The third kappa shape index (κ3) is 3.69. The second-order valence-electron chi connectivity index (χ2n) is 4.10. The Morgan fingerprint density at radius 1 is 1.05 bits per heavy atom. The highest BCUT2D eigenvalue weighted by Crippen LogP contribution is 2.23. The van der Waals surface area contributed by atoms with Crippen LogP contribution in [0.4, 0.5) is 0 Å². The molecule has 2 rings (SSSR count). The fourth-order valence-corrected chi connectivity index (χ4v) is 1.85. The summed E-state index contributed by atoms with van der Waals surface area (Å²) in [6.45, 7) is 1.43. The first-order chi connectivity index (χ1) is 9.33. The fraction of sp³-hybridized carbons (Fsp3) is 0.267. The van der Waals surface area contributed by atoms with Crippen molar-refractivity contribution in [3.63, 3.8) is 0 Å². The van der Waals surface area contributed by atoms with Gasteiger partial charge < -0.3 is 14.8 Å². The third-order valence-corrected chi connectivity index (χ3v) is 2.84. The van der Waals surface area contributed by atoms with Gasteiger partial charge in [0.25, 0.3) is 0 Å². The summed E-state index contributed by atoms with van der Waals surface area (Å²) in [5.41, 5.74) is 2.09. The van der Waals surface area contributed by atoms with Crippen LogP contribution < -0.4 is 14.8 Å². The lowest BCUT2D eigenvalue weighted by molar-refractivity contribution is 0.397. The maximum absolute atomic E-state index is 5.34. The molecule has 2 aromatic rings. The minimum Gasteiger partial charge on any atom is -0.497 e. The molecule has 1 aromatic carbocycles. The molecule has 0 aliphatic heterocycles. The molecule has 100 valence electrons. The summed E-state index contributed by atoms with van der Waals surface area (Å²) in [6.07, 6.45) is 1.79. The van der Waals surface area contributed by atoms with E-state index in [1.54, 1.807) is 20.4 Å². The second-order valence-corrected chi connectivity index (χ2v) is 4.10. The number of ether oxygens (including phenoxy) is 2. The zero-order valence-corrected chi connectivity index (χ0v) is 11.2. The number of methoxy groups -OCH3 is 2. The Morgan fingerprint density at radius 3 is 2.63 bits per heavy atom. The molecule has 0 saturated carbocycles. The molecule has 4 heteroatoms. The molecule has 1 heterocycles. The van der Waals surface area contributed by atoms with Crippen molar-refractivity contribution in [1.82, 2.24) is 10.3 Å². The Morgan fingerprint density at radius 2 is 1.95 bits per heavy atom. The van der Waals surface area contributed by atoms with Crippen LogP contribution in [0.5, 0.6) is 11.5 Å². The van der Waals surface area contributed by atoms with E-state index in [4.69, 9.17) is 9.47 Å². The highest BCUT2D eigenvalue weighted by atomic mass is 16.5. The van der Waals surface area contributed by atoms with E-state index in [1.165, 1.54) is 0 Å². The van der Waals surface area contributed by atoms with Gasteiger partial charge in [-0.1, -0.05) is 6.07 Å². The van der Waals surface area contributed by atoms with Gasteiger partial charge >= 0.3 is 0 Å². The van der Waals surface area contributed by atoms with Gasteiger partial charge in [0.15, 0.2) is 0 Å². The van der Waals surface area contributed by atoms with E-state index in [-0.39, 0.29) is 0 Å². The Kier molecular flexibility index (Phi) is 4.75. The first kappa shape index (κ1) is 13.4. The molecule has 1 N–H and O–H groups in total. The second kappa shape index (κ2) is 6.75. The number of pyridine rings is 1. The molecular formula is C15H18N2O2. The summed E-state index contributed by atoms with van der Waals surface area (Å²) in [5, 5.41) is 3.35. The largest absolute Gasteiger partial charge is 0.497 e. The van der Waals surface area contributed by atoms with Crippen LogP contribution in [0.3, 0.4) is 0 Å². The number of aromatic nitrogens is 1. The van der Waals surface area contributed by atoms with Gasteiger partial charge in [0, 0.05) is 24.8 Å². The Labute approximate surface area is 113 Å². The Balaban J connectivity index is 1.98. The molecule has 0 aliphatic carbocycles. The summed E-state index contributed by atoms with van der Waals surface area (Å²) in [4.78, 5) is 4.27. The molecular weight excluding hydrogens is 240 g/mol. The van der Waals surface area contributed by atoms with Gasteiger partial charge in [-0.25, -0.2) is 0 Å². The maximum Gasteiger partial charge on any atom is 0.123 e. The molecule has 0 fully saturated rings. The number of rotatable bonds is 6. The van der Waals surface area contributed by atoms with Crippen molar-refractivity contribution in [3.8, 4) is 11.5 Å². The monoisotopic (exact) mass is 258 g/mol. The molecule has 0 radical (unpaired) electrons. The number of hydrogen-bond acceptors (Lipinski definition) is 4. The molecule has 0 amide bonds. The fourth-order valence-electron chi connectivity index (χ4n) is 1.85. The van der Waals surface area contributed by atoms with Crippen molar-refractivity contribution in [1.29, 1.82) is 0 Å². The number of nitrogens with zero attached hydrogens (tertiary/aromatic N) is 1. The van der Waals surface area contributed by atoms with Crippen LogP contribution in [0, 0.1) is 0 Å². The minimum absolute atomic E-state index is 0.705. The standard InChI is InChI=1S/C15H18N2O2/c1-18-14-6-7-15(19-2)12(9-14)10-16-11-13-5-3-4-8-17-13/h3-9,16H,10-11H2,1-2H3. The zero-order chi connectivity index (χ0) is 13.5. The number of nitrogens with one attached hydrogen (secondary N) is 1. The summed E-state index contributed by atoms with van der Waals surface area (Å²) in [6, 6.07) is 11.7. The Hall–Kier alpha value is -2.07. The lowest BCUT2D eigenvalue weighted by Crippen LogP contribution is -2.14. The van der Waals surface area contributed by atoms with Crippen LogP contribution in [0.2, 0.25) is 0 Å². The quantitative estimate of drug-likeness (QED) is 0.864. The van der Waals surface area contributed by atoms with Gasteiger partial charge in [-0.15, -0.1) is 0 Å². The van der Waals surface area contributed by atoms with E-state index in [0.717, 1.165) is 29.3 Å². The van der Waals surface area contributed by atoms with Gasteiger partial charge in [0.2, 0.25) is 0 Å². The smallest absolute Gasteiger partial charge is 0.123 e. The predicted octanol–water partition coefficient (Wildman–Crippen LogP) is 2.39. The van der Waals surface area contributed by atoms with Crippen molar-refractivity contribution < 1.29 is 9.47 Å². The van der Waals surface area contributed by atoms with Crippen LogP contribution >= 0.6 is 0 Å². The molecule has 0 atom stereocenters. The first-order valence-corrected chi connectivity index (χ1v) is 6.15. The summed E-state index contributed by atoms with van der Waals surface area (Å²) >= 11 is 0. The molecule has 0 bridgehead atoms. The molecule has 4 nitrogen and oxygen atoms in total. The zero-order valence-electron chi connectivity index (χ0n) is 11.2. The van der Waals surface area contributed by atoms with Crippen LogP contribution in [0.25, 0.3) is 0 Å². The maximum atomic E-state index is 5.34. The van der Waals surface area contributed by atoms with E-state index in [0.29, 0.717) is 6.54 Å². The SMILES string of the molecule is COc1ccc(OC)c(CNCc2ccccn2)c1. The van der Waals surface area contributed by atoms with E-state index < -0.39 is 0 Å². The van der Waals surface area contributed by atoms with Crippen LogP contribution in [-0.4, -0.2) is 19.2 Å². The van der Waals surface area contributed by atoms with E-state index in [1.807, 2.05) is 36.4 Å². The van der Waals surface area contributed by atoms with Crippen LogP contribution in [0.1, 0.15) is 11.3 Å². The highest BCUT2D eigenvalue weighted by Gasteiger charge is 2.04. The lowest BCUT2D eigenvalue weighted by atomic mass is 10.2. The minimum atomic E-state index is 0.705.